The predicted octanol–water partition coefficient (Wildman–Crippen LogP) is 2.90. The molecule has 0 fully saturated rings. The largest absolute Gasteiger partial charge is 0.299 e. The Hall–Kier alpha value is -1.11. The Kier molecular flexibility index (Phi) is 7.25. The van der Waals surface area contributed by atoms with Crippen LogP contribution in [0.25, 0.3) is 0 Å². The summed E-state index contributed by atoms with van der Waals surface area (Å²) in [5.74, 6) is 0.629. The van der Waals surface area contributed by atoms with Gasteiger partial charge in [0.25, 0.3) is 0 Å². The van der Waals surface area contributed by atoms with Gasteiger partial charge in [0.2, 0.25) is 0 Å². The van der Waals surface area contributed by atoms with Gasteiger partial charge in [-0.1, -0.05) is 50.6 Å². The molecule has 0 aliphatic carbocycles. The molecule has 0 aromatic heterocycles. The van der Waals surface area contributed by atoms with Gasteiger partial charge in [0.15, 0.2) is 0 Å². The van der Waals surface area contributed by atoms with Crippen LogP contribution in [0.2, 0.25) is 0 Å². The van der Waals surface area contributed by atoms with Crippen LogP contribution in [0, 0.1) is 5.92 Å². The van der Waals surface area contributed by atoms with Crippen molar-refractivity contribution in [2.24, 2.45) is 5.92 Å². The molecule has 1 atom stereocenters. The van der Waals surface area contributed by atoms with E-state index in [0.29, 0.717) is 5.92 Å². The molecule has 12 heavy (non-hydrogen) atoms. The van der Waals surface area contributed by atoms with E-state index in [1.807, 2.05) is 18.2 Å². The van der Waals surface area contributed by atoms with Crippen molar-refractivity contribution in [1.29, 1.82) is 0 Å². The van der Waals surface area contributed by atoms with Crippen molar-refractivity contribution in [3.63, 3.8) is 0 Å². The van der Waals surface area contributed by atoms with E-state index in [2.05, 4.69) is 19.9 Å². The Morgan fingerprint density at radius 2 is 1.67 bits per heavy atom. The maximum absolute atomic E-state index is 9.85. The van der Waals surface area contributed by atoms with Gasteiger partial charge in [-0.15, -0.1) is 0 Å². The van der Waals surface area contributed by atoms with Gasteiger partial charge in [0, 0.05) is 0 Å². The summed E-state index contributed by atoms with van der Waals surface area (Å²) in [6.07, 6.45) is 13.0. The van der Waals surface area contributed by atoms with Crippen LogP contribution in [0.5, 0.6) is 0 Å². The molecule has 0 aliphatic rings. The van der Waals surface area contributed by atoms with Crippen molar-refractivity contribution in [3.05, 3.63) is 36.5 Å². The third-order valence-corrected chi connectivity index (χ3v) is 1.61. The van der Waals surface area contributed by atoms with Crippen LogP contribution in [0.4, 0.5) is 0 Å². The SMILES string of the molecule is CC[C@@H](C)/C=C/C=C/C=C/C=O. The van der Waals surface area contributed by atoms with Crippen LogP contribution in [0.1, 0.15) is 20.3 Å². The molecule has 0 unspecified atom stereocenters. The Morgan fingerprint density at radius 1 is 1.08 bits per heavy atom. The number of aldehydes is 1. The Morgan fingerprint density at radius 3 is 2.25 bits per heavy atom. The molecule has 0 aromatic rings. The van der Waals surface area contributed by atoms with Crippen LogP contribution in [0.15, 0.2) is 36.5 Å². The molecule has 1 heteroatoms. The van der Waals surface area contributed by atoms with Crippen molar-refractivity contribution >= 4 is 6.29 Å². The van der Waals surface area contributed by atoms with E-state index in [-0.39, 0.29) is 0 Å². The van der Waals surface area contributed by atoms with Crippen LogP contribution >= 0.6 is 0 Å². The van der Waals surface area contributed by atoms with Crippen LogP contribution in [-0.4, -0.2) is 6.29 Å². The lowest BCUT2D eigenvalue weighted by Crippen LogP contribution is -1.82. The van der Waals surface area contributed by atoms with Gasteiger partial charge in [-0.3, -0.25) is 4.79 Å². The van der Waals surface area contributed by atoms with Crippen molar-refractivity contribution in [2.45, 2.75) is 20.3 Å². The average molecular weight is 164 g/mol. The highest BCUT2D eigenvalue weighted by Gasteiger charge is 1.86. The molecule has 1 nitrogen and oxygen atoms in total. The van der Waals surface area contributed by atoms with E-state index in [1.54, 1.807) is 6.08 Å². The van der Waals surface area contributed by atoms with Crippen molar-refractivity contribution < 1.29 is 4.79 Å². The second-order valence-corrected chi connectivity index (χ2v) is 2.68. The molecule has 0 spiro atoms. The summed E-state index contributed by atoms with van der Waals surface area (Å²) in [4.78, 5) is 9.85. The summed E-state index contributed by atoms with van der Waals surface area (Å²) >= 11 is 0. The molecule has 0 aromatic carbocycles. The maximum Gasteiger partial charge on any atom is 0.142 e. The lowest BCUT2D eigenvalue weighted by molar-refractivity contribution is -0.104. The van der Waals surface area contributed by atoms with Crippen molar-refractivity contribution in [1.82, 2.24) is 0 Å². The first-order valence-corrected chi connectivity index (χ1v) is 4.26. The Balaban J connectivity index is 3.65. The fraction of sp³-hybridized carbons (Fsp3) is 0.364. The molecule has 0 heterocycles. The topological polar surface area (TPSA) is 17.1 Å². The van der Waals surface area contributed by atoms with Gasteiger partial charge in [-0.25, -0.2) is 0 Å². The molecule has 0 bridgehead atoms. The monoisotopic (exact) mass is 164 g/mol. The number of hydrogen-bond acceptors (Lipinski definition) is 1. The minimum atomic E-state index is 0.629. The summed E-state index contributed by atoms with van der Waals surface area (Å²) in [5.41, 5.74) is 0. The van der Waals surface area contributed by atoms with E-state index in [1.165, 1.54) is 6.08 Å². The maximum atomic E-state index is 9.85. The molecular weight excluding hydrogens is 148 g/mol. The standard InChI is InChI=1S/C11H16O/c1-3-11(2)9-7-5-4-6-8-10-12/h4-11H,3H2,1-2H3/b5-4+,8-6+,9-7+/t11-/m1/s1. The summed E-state index contributed by atoms with van der Waals surface area (Å²) < 4.78 is 0. The molecule has 0 rings (SSSR count). The first-order valence-electron chi connectivity index (χ1n) is 4.26. The van der Waals surface area contributed by atoms with E-state index in [9.17, 15) is 4.79 Å². The molecule has 0 amide bonds. The molecule has 0 radical (unpaired) electrons. The molecule has 0 aliphatic heterocycles. The first kappa shape index (κ1) is 10.9. The number of carbonyl (C=O) groups is 1. The zero-order chi connectivity index (χ0) is 9.23. The van der Waals surface area contributed by atoms with Gasteiger partial charge in [-0.05, 0) is 12.0 Å². The van der Waals surface area contributed by atoms with E-state index >= 15 is 0 Å². The molecule has 0 saturated heterocycles. The normalized spacial score (nSPS) is 14.8. The summed E-state index contributed by atoms with van der Waals surface area (Å²) in [6.45, 7) is 4.33. The second-order valence-electron chi connectivity index (χ2n) is 2.68. The third kappa shape index (κ3) is 7.00. The van der Waals surface area contributed by atoms with E-state index in [0.717, 1.165) is 12.7 Å². The summed E-state index contributed by atoms with van der Waals surface area (Å²) in [7, 11) is 0. The highest BCUT2D eigenvalue weighted by atomic mass is 16.1. The van der Waals surface area contributed by atoms with Gasteiger partial charge in [0.05, 0.1) is 0 Å². The van der Waals surface area contributed by atoms with Gasteiger partial charge in [0.1, 0.15) is 6.29 Å². The minimum Gasteiger partial charge on any atom is -0.299 e. The smallest absolute Gasteiger partial charge is 0.142 e. The van der Waals surface area contributed by atoms with Gasteiger partial charge >= 0.3 is 0 Å². The highest BCUT2D eigenvalue weighted by Crippen LogP contribution is 2.01. The van der Waals surface area contributed by atoms with Crippen LogP contribution in [-0.2, 0) is 4.79 Å². The summed E-state index contributed by atoms with van der Waals surface area (Å²) in [6, 6.07) is 0. The van der Waals surface area contributed by atoms with Gasteiger partial charge in [-0.2, -0.15) is 0 Å². The third-order valence-electron chi connectivity index (χ3n) is 1.61. The predicted molar refractivity (Wildman–Crippen MR) is 52.9 cm³/mol. The molecule has 66 valence electrons. The minimum absolute atomic E-state index is 0.629. The van der Waals surface area contributed by atoms with E-state index in [4.69, 9.17) is 0 Å². The number of carbonyl (C=O) groups excluding carboxylic acids is 1. The van der Waals surface area contributed by atoms with Gasteiger partial charge < -0.3 is 0 Å². The Labute approximate surface area is 74.5 Å². The molecule has 0 N–H and O–H groups in total. The summed E-state index contributed by atoms with van der Waals surface area (Å²) in [5, 5.41) is 0. The van der Waals surface area contributed by atoms with Crippen molar-refractivity contribution in [2.75, 3.05) is 0 Å². The zero-order valence-corrected chi connectivity index (χ0v) is 7.73. The van der Waals surface area contributed by atoms with E-state index < -0.39 is 0 Å². The van der Waals surface area contributed by atoms with Crippen LogP contribution in [0.3, 0.4) is 0 Å². The lowest BCUT2D eigenvalue weighted by Gasteiger charge is -1.96. The fourth-order valence-electron chi connectivity index (χ4n) is 0.628. The molecular formula is C11H16O. The number of hydrogen-bond donors (Lipinski definition) is 0. The fourth-order valence-corrected chi connectivity index (χ4v) is 0.628. The number of rotatable bonds is 5. The average Bonchev–Trinajstić information content (AvgIpc) is 2.10. The highest BCUT2D eigenvalue weighted by molar-refractivity contribution is 5.65. The quantitative estimate of drug-likeness (QED) is 0.347. The lowest BCUT2D eigenvalue weighted by atomic mass is 10.1. The van der Waals surface area contributed by atoms with Crippen molar-refractivity contribution in [3.8, 4) is 0 Å². The number of allylic oxidation sites excluding steroid dienone is 6. The second kappa shape index (κ2) is 7.99. The van der Waals surface area contributed by atoms with Crippen LogP contribution < -0.4 is 0 Å². The Bertz CT molecular complexity index is 187. The zero-order valence-electron chi connectivity index (χ0n) is 7.73. The first-order chi connectivity index (χ1) is 5.81. The molecule has 0 saturated carbocycles.